The molecule has 2 amide bonds. The molecule has 6 nitrogen and oxygen atoms in total. The van der Waals surface area contributed by atoms with Crippen LogP contribution < -0.4 is 5.32 Å². The maximum absolute atomic E-state index is 12.2. The fourth-order valence-corrected chi connectivity index (χ4v) is 3.52. The molecule has 3 rings (SSSR count). The van der Waals surface area contributed by atoms with E-state index in [1.165, 1.54) is 0 Å². The molecule has 6 heteroatoms. The first kappa shape index (κ1) is 18.9. The number of aliphatic hydroxyl groups excluding tert-OH is 1. The maximum Gasteiger partial charge on any atom is 0.249 e. The number of amides is 2. The molecule has 1 aliphatic heterocycles. The Bertz CT molecular complexity index is 640. The van der Waals surface area contributed by atoms with E-state index >= 15 is 0 Å². The summed E-state index contributed by atoms with van der Waals surface area (Å²) in [7, 11) is 0. The molecule has 2 atom stereocenters. The summed E-state index contributed by atoms with van der Waals surface area (Å²) in [5, 5.41) is 12.8. The molecule has 0 spiro atoms. The lowest BCUT2D eigenvalue weighted by Crippen LogP contribution is -2.53. The molecule has 0 aromatic heterocycles. The molecular formula is C20H28N2O4. The van der Waals surface area contributed by atoms with Crippen molar-refractivity contribution in [3.8, 4) is 0 Å². The van der Waals surface area contributed by atoms with Gasteiger partial charge in [-0.2, -0.15) is 0 Å². The monoisotopic (exact) mass is 360 g/mol. The lowest BCUT2D eigenvalue weighted by atomic mass is 9.85. The van der Waals surface area contributed by atoms with E-state index in [1.807, 2.05) is 38.1 Å². The third-order valence-electron chi connectivity index (χ3n) is 5.19. The van der Waals surface area contributed by atoms with Crippen LogP contribution in [0.15, 0.2) is 24.3 Å². The van der Waals surface area contributed by atoms with E-state index in [1.54, 1.807) is 4.90 Å². The van der Waals surface area contributed by atoms with Gasteiger partial charge in [-0.1, -0.05) is 32.4 Å². The minimum atomic E-state index is -0.394. The fourth-order valence-electron chi connectivity index (χ4n) is 3.52. The molecule has 0 bridgehead atoms. The van der Waals surface area contributed by atoms with E-state index < -0.39 is 6.04 Å². The number of morpholine rings is 1. The van der Waals surface area contributed by atoms with Gasteiger partial charge in [-0.05, 0) is 36.5 Å². The number of carbonyl (C=O) groups is 2. The van der Waals surface area contributed by atoms with Crippen LogP contribution in [0.2, 0.25) is 0 Å². The minimum Gasteiger partial charge on any atom is -0.394 e. The molecule has 1 aromatic rings. The summed E-state index contributed by atoms with van der Waals surface area (Å²) in [5.74, 6) is 0.458. The smallest absolute Gasteiger partial charge is 0.249 e. The molecule has 142 valence electrons. The Labute approximate surface area is 154 Å². The first-order chi connectivity index (χ1) is 12.5. The van der Waals surface area contributed by atoms with Gasteiger partial charge >= 0.3 is 0 Å². The summed E-state index contributed by atoms with van der Waals surface area (Å²) in [6.07, 6.45) is 2.70. The zero-order valence-electron chi connectivity index (χ0n) is 15.5. The first-order valence-corrected chi connectivity index (χ1v) is 9.42. The lowest BCUT2D eigenvalue weighted by Gasteiger charge is -2.41. The van der Waals surface area contributed by atoms with Gasteiger partial charge in [0.1, 0.15) is 12.7 Å². The Hall–Kier alpha value is -1.92. The van der Waals surface area contributed by atoms with E-state index in [4.69, 9.17) is 4.74 Å². The second-order valence-electron chi connectivity index (χ2n) is 7.66. The van der Waals surface area contributed by atoms with Crippen molar-refractivity contribution < 1.29 is 19.4 Å². The predicted molar refractivity (Wildman–Crippen MR) is 98.5 cm³/mol. The third-order valence-corrected chi connectivity index (χ3v) is 5.19. The lowest BCUT2D eigenvalue weighted by molar-refractivity contribution is -0.161. The summed E-state index contributed by atoms with van der Waals surface area (Å²) in [6, 6.07) is 7.11. The molecular weight excluding hydrogens is 332 g/mol. The number of hydrogen-bond acceptors (Lipinski definition) is 4. The molecule has 1 heterocycles. The van der Waals surface area contributed by atoms with E-state index in [2.05, 4.69) is 5.32 Å². The highest BCUT2D eigenvalue weighted by atomic mass is 16.5. The highest BCUT2D eigenvalue weighted by Crippen LogP contribution is 2.31. The van der Waals surface area contributed by atoms with Crippen molar-refractivity contribution in [2.45, 2.75) is 45.3 Å². The van der Waals surface area contributed by atoms with Gasteiger partial charge in [-0.15, -0.1) is 0 Å². The van der Waals surface area contributed by atoms with E-state index in [9.17, 15) is 14.7 Å². The summed E-state index contributed by atoms with van der Waals surface area (Å²) in [6.45, 7) is 4.56. The Morgan fingerprint density at radius 2 is 2.00 bits per heavy atom. The van der Waals surface area contributed by atoms with Crippen LogP contribution in [0.5, 0.6) is 0 Å². The first-order valence-electron chi connectivity index (χ1n) is 9.42. The molecule has 2 N–H and O–H groups in total. The van der Waals surface area contributed by atoms with Crippen LogP contribution in [0.25, 0.3) is 0 Å². The number of nitrogens with zero attached hydrogens (tertiary/aromatic N) is 1. The standard InChI is InChI=1S/C20H28N2O4/c1-13(2)10-22-17(11-23)19(26-12-18(22)24)14-6-8-16(9-7-14)21-20(25)15-4-3-5-15/h6-9,13,15,17,19,23H,3-5,10-12H2,1-2H3,(H,21,25). The second-order valence-corrected chi connectivity index (χ2v) is 7.66. The van der Waals surface area contributed by atoms with E-state index in [-0.39, 0.29) is 37.0 Å². The quantitative estimate of drug-likeness (QED) is 0.816. The number of aliphatic hydroxyl groups is 1. The van der Waals surface area contributed by atoms with Gasteiger partial charge in [0.15, 0.2) is 0 Å². The van der Waals surface area contributed by atoms with Crippen LogP contribution in [-0.2, 0) is 14.3 Å². The van der Waals surface area contributed by atoms with Crippen LogP contribution in [0.3, 0.4) is 0 Å². The van der Waals surface area contributed by atoms with E-state index in [0.717, 1.165) is 30.5 Å². The number of ether oxygens (including phenoxy) is 1. The number of anilines is 1. The molecule has 0 radical (unpaired) electrons. The van der Waals surface area contributed by atoms with Crippen molar-refractivity contribution in [2.24, 2.45) is 11.8 Å². The normalized spacial score (nSPS) is 23.8. The van der Waals surface area contributed by atoms with Crippen molar-refractivity contribution in [1.82, 2.24) is 4.90 Å². The molecule has 1 saturated carbocycles. The fraction of sp³-hybridized carbons (Fsp3) is 0.600. The Balaban J connectivity index is 1.70. The van der Waals surface area contributed by atoms with Crippen molar-refractivity contribution in [1.29, 1.82) is 0 Å². The maximum atomic E-state index is 12.2. The Morgan fingerprint density at radius 3 is 2.54 bits per heavy atom. The van der Waals surface area contributed by atoms with Gasteiger partial charge in [0.05, 0.1) is 12.6 Å². The molecule has 1 saturated heterocycles. The summed E-state index contributed by atoms with van der Waals surface area (Å²) in [4.78, 5) is 26.0. The number of nitrogens with one attached hydrogen (secondary N) is 1. The molecule has 26 heavy (non-hydrogen) atoms. The zero-order chi connectivity index (χ0) is 18.7. The van der Waals surface area contributed by atoms with Gasteiger partial charge in [-0.25, -0.2) is 0 Å². The largest absolute Gasteiger partial charge is 0.394 e. The van der Waals surface area contributed by atoms with Crippen molar-refractivity contribution >= 4 is 17.5 Å². The molecule has 2 unspecified atom stereocenters. The minimum absolute atomic E-state index is 0.0219. The number of carbonyl (C=O) groups excluding carboxylic acids is 2. The predicted octanol–water partition coefficient (Wildman–Crippen LogP) is 2.34. The van der Waals surface area contributed by atoms with Gasteiger partial charge in [0, 0.05) is 18.2 Å². The second kappa shape index (κ2) is 8.18. The highest BCUT2D eigenvalue weighted by molar-refractivity contribution is 5.93. The molecule has 1 aromatic carbocycles. The van der Waals surface area contributed by atoms with Crippen LogP contribution >= 0.6 is 0 Å². The average molecular weight is 360 g/mol. The number of hydrogen-bond donors (Lipinski definition) is 2. The summed E-state index contributed by atoms with van der Waals surface area (Å²) < 4.78 is 5.74. The van der Waals surface area contributed by atoms with Crippen molar-refractivity contribution in [3.05, 3.63) is 29.8 Å². The number of rotatable bonds is 6. The van der Waals surface area contributed by atoms with Crippen LogP contribution in [0, 0.1) is 11.8 Å². The van der Waals surface area contributed by atoms with Crippen LogP contribution in [0.4, 0.5) is 5.69 Å². The van der Waals surface area contributed by atoms with Gasteiger partial charge in [-0.3, -0.25) is 9.59 Å². The van der Waals surface area contributed by atoms with Crippen molar-refractivity contribution in [3.63, 3.8) is 0 Å². The van der Waals surface area contributed by atoms with Crippen LogP contribution in [-0.4, -0.2) is 47.6 Å². The van der Waals surface area contributed by atoms with Gasteiger partial charge < -0.3 is 20.1 Å². The highest BCUT2D eigenvalue weighted by Gasteiger charge is 2.37. The van der Waals surface area contributed by atoms with Crippen molar-refractivity contribution in [2.75, 3.05) is 25.1 Å². The third kappa shape index (κ3) is 4.07. The van der Waals surface area contributed by atoms with E-state index in [0.29, 0.717) is 12.5 Å². The average Bonchev–Trinajstić information content (AvgIpc) is 2.55. The SMILES string of the molecule is CC(C)CN1C(=O)COC(c2ccc(NC(=O)C3CCC3)cc2)C1CO. The zero-order valence-corrected chi connectivity index (χ0v) is 15.5. The Morgan fingerprint density at radius 1 is 1.31 bits per heavy atom. The molecule has 1 aliphatic carbocycles. The van der Waals surface area contributed by atoms with Gasteiger partial charge in [0.25, 0.3) is 0 Å². The van der Waals surface area contributed by atoms with Gasteiger partial charge in [0.2, 0.25) is 11.8 Å². The van der Waals surface area contributed by atoms with Crippen LogP contribution in [0.1, 0.15) is 44.8 Å². The summed E-state index contributed by atoms with van der Waals surface area (Å²) in [5.41, 5.74) is 1.66. The topological polar surface area (TPSA) is 78.9 Å². The number of benzene rings is 1. The molecule has 2 aliphatic rings. The molecule has 2 fully saturated rings. The Kier molecular flexibility index (Phi) is 5.94. The summed E-state index contributed by atoms with van der Waals surface area (Å²) >= 11 is 0.